The lowest BCUT2D eigenvalue weighted by Gasteiger charge is -2.34. The van der Waals surface area contributed by atoms with E-state index in [0.717, 1.165) is 23.4 Å². The highest BCUT2D eigenvalue weighted by Crippen LogP contribution is 2.40. The molecular weight excluding hydrogens is 378 g/mol. The van der Waals surface area contributed by atoms with E-state index in [-0.39, 0.29) is 29.3 Å². The summed E-state index contributed by atoms with van der Waals surface area (Å²) in [5.41, 5.74) is 8.33. The molecule has 3 heterocycles. The van der Waals surface area contributed by atoms with Gasteiger partial charge in [-0.25, -0.2) is 4.98 Å². The molecule has 1 aliphatic heterocycles. The fourth-order valence-electron chi connectivity index (χ4n) is 3.62. The van der Waals surface area contributed by atoms with Gasteiger partial charge in [0.1, 0.15) is 16.7 Å². The lowest BCUT2D eigenvalue weighted by Crippen LogP contribution is -2.39. The van der Waals surface area contributed by atoms with Gasteiger partial charge in [0, 0.05) is 23.4 Å². The fourth-order valence-corrected chi connectivity index (χ4v) is 3.92. The number of hydrogen-bond acceptors (Lipinski definition) is 7. The Morgan fingerprint density at radius 1 is 1.39 bits per heavy atom. The summed E-state index contributed by atoms with van der Waals surface area (Å²) in [6.07, 6.45) is 3.34. The zero-order valence-electron chi connectivity index (χ0n) is 16.7. The molecule has 1 atom stereocenters. The predicted molar refractivity (Wildman–Crippen MR) is 110 cm³/mol. The van der Waals surface area contributed by atoms with Crippen LogP contribution in [0, 0.1) is 5.92 Å². The van der Waals surface area contributed by atoms with Gasteiger partial charge in [-0.2, -0.15) is 4.98 Å². The molecule has 0 radical (unpaired) electrons. The lowest BCUT2D eigenvalue weighted by molar-refractivity contribution is -0.120. The molecule has 1 aliphatic rings. The molecular formula is C20H26ClN5O2. The summed E-state index contributed by atoms with van der Waals surface area (Å²) in [5.74, 6) is 1.63. The van der Waals surface area contributed by atoms with Crippen LogP contribution in [0.3, 0.4) is 0 Å². The summed E-state index contributed by atoms with van der Waals surface area (Å²) >= 11 is 6.40. The number of methoxy groups -OCH3 is 1. The number of nitrogens with zero attached hydrogens (tertiary/aromatic N) is 4. The molecule has 150 valence electrons. The van der Waals surface area contributed by atoms with Crippen LogP contribution in [0.15, 0.2) is 12.3 Å². The van der Waals surface area contributed by atoms with E-state index in [1.54, 1.807) is 7.11 Å². The number of carbonyl (C=O) groups excluding carboxylic acids is 1. The zero-order chi connectivity index (χ0) is 20.4. The van der Waals surface area contributed by atoms with E-state index in [0.29, 0.717) is 30.3 Å². The fraction of sp³-hybridized carbons (Fsp3) is 0.500. The number of nitrogen functional groups attached to an aromatic ring is 1. The highest BCUT2D eigenvalue weighted by atomic mass is 35.5. The maximum absolute atomic E-state index is 12.9. The van der Waals surface area contributed by atoms with E-state index >= 15 is 0 Å². The van der Waals surface area contributed by atoms with Gasteiger partial charge in [0.05, 0.1) is 31.8 Å². The first-order chi connectivity index (χ1) is 13.3. The zero-order valence-corrected chi connectivity index (χ0v) is 17.5. The summed E-state index contributed by atoms with van der Waals surface area (Å²) in [6.45, 7) is 6.85. The molecule has 0 fully saturated rings. The molecule has 3 rings (SSSR count). The second kappa shape index (κ2) is 8.31. The van der Waals surface area contributed by atoms with Crippen molar-refractivity contribution in [3.63, 3.8) is 0 Å². The van der Waals surface area contributed by atoms with Crippen LogP contribution in [0.1, 0.15) is 49.9 Å². The van der Waals surface area contributed by atoms with Gasteiger partial charge in [0.2, 0.25) is 5.95 Å². The van der Waals surface area contributed by atoms with Crippen molar-refractivity contribution in [1.29, 1.82) is 0 Å². The van der Waals surface area contributed by atoms with Crippen molar-refractivity contribution in [2.24, 2.45) is 5.92 Å². The molecule has 0 saturated heterocycles. The predicted octanol–water partition coefficient (Wildman–Crippen LogP) is 3.40. The Balaban J connectivity index is 2.00. The molecule has 7 nitrogen and oxygen atoms in total. The molecule has 0 saturated carbocycles. The number of rotatable bonds is 6. The second-order valence-electron chi connectivity index (χ2n) is 7.46. The van der Waals surface area contributed by atoms with Gasteiger partial charge in [-0.1, -0.05) is 32.4 Å². The maximum Gasteiger partial charge on any atom is 0.223 e. The first-order valence-electron chi connectivity index (χ1n) is 9.46. The monoisotopic (exact) mass is 403 g/mol. The van der Waals surface area contributed by atoms with Crippen molar-refractivity contribution in [3.8, 4) is 5.75 Å². The summed E-state index contributed by atoms with van der Waals surface area (Å²) in [4.78, 5) is 27.8. The number of ketones is 1. The van der Waals surface area contributed by atoms with Crippen molar-refractivity contribution < 1.29 is 9.53 Å². The topological polar surface area (TPSA) is 94.2 Å². The number of aryl methyl sites for hydroxylation is 1. The molecule has 2 N–H and O–H groups in total. The Labute approximate surface area is 170 Å². The highest BCUT2D eigenvalue weighted by molar-refractivity contribution is 6.31. The third-order valence-corrected chi connectivity index (χ3v) is 5.23. The summed E-state index contributed by atoms with van der Waals surface area (Å²) in [5, 5.41) is 0.248. The largest absolute Gasteiger partial charge is 0.496 e. The minimum atomic E-state index is -0.315. The molecule has 0 aromatic carbocycles. The second-order valence-corrected chi connectivity index (χ2v) is 7.81. The Hall–Kier alpha value is -2.41. The lowest BCUT2D eigenvalue weighted by atomic mass is 9.85. The molecule has 2 aromatic heterocycles. The van der Waals surface area contributed by atoms with Crippen molar-refractivity contribution in [2.75, 3.05) is 24.3 Å². The number of anilines is 2. The van der Waals surface area contributed by atoms with Gasteiger partial charge in [-0.15, -0.1) is 0 Å². The molecule has 8 heteroatoms. The summed E-state index contributed by atoms with van der Waals surface area (Å²) in [7, 11) is 1.64. The van der Waals surface area contributed by atoms with Crippen LogP contribution in [0.2, 0.25) is 5.15 Å². The molecule has 0 aliphatic carbocycles. The molecule has 1 unspecified atom stereocenters. The number of Topliss-reactive ketones (excluding diaryl/α,β-unsaturated/α-hetero) is 1. The number of carbonyl (C=O) groups is 1. The van der Waals surface area contributed by atoms with Gasteiger partial charge in [-0.05, 0) is 18.8 Å². The molecule has 2 aromatic rings. The van der Waals surface area contributed by atoms with Crippen molar-refractivity contribution in [1.82, 2.24) is 15.0 Å². The molecule has 28 heavy (non-hydrogen) atoms. The summed E-state index contributed by atoms with van der Waals surface area (Å²) in [6, 6.07) is 1.90. The molecule has 0 bridgehead atoms. The number of nitrogens with two attached hydrogens (primary N) is 1. The van der Waals surface area contributed by atoms with Crippen molar-refractivity contribution in [3.05, 3.63) is 34.2 Å². The van der Waals surface area contributed by atoms with E-state index in [4.69, 9.17) is 22.1 Å². The van der Waals surface area contributed by atoms with E-state index < -0.39 is 0 Å². The first kappa shape index (κ1) is 20.3. The number of hydrogen-bond donors (Lipinski definition) is 1. The van der Waals surface area contributed by atoms with Crippen LogP contribution in [0.5, 0.6) is 5.75 Å². The third kappa shape index (κ3) is 4.04. The Bertz CT molecular complexity index is 887. The van der Waals surface area contributed by atoms with Crippen LogP contribution in [-0.4, -0.2) is 34.4 Å². The summed E-state index contributed by atoms with van der Waals surface area (Å²) < 4.78 is 5.46. The van der Waals surface area contributed by atoms with E-state index in [1.807, 2.05) is 17.2 Å². The molecule has 0 amide bonds. The van der Waals surface area contributed by atoms with Gasteiger partial charge >= 0.3 is 0 Å². The number of pyridine rings is 1. The van der Waals surface area contributed by atoms with E-state index in [2.05, 4.69) is 35.7 Å². The first-order valence-corrected chi connectivity index (χ1v) is 9.84. The SMILES string of the molecule is CCc1cnc(CN2CC(=O)C(CC(C)C)c3c(Cl)nc(N)nc32)cc1OC. The molecule has 0 spiro atoms. The van der Waals surface area contributed by atoms with Crippen molar-refractivity contribution >= 4 is 29.2 Å². The number of fused-ring (bicyclic) bond motifs is 1. The average molecular weight is 404 g/mol. The van der Waals surface area contributed by atoms with E-state index in [9.17, 15) is 4.79 Å². The Morgan fingerprint density at radius 2 is 2.14 bits per heavy atom. The smallest absolute Gasteiger partial charge is 0.223 e. The van der Waals surface area contributed by atoms with Crippen LogP contribution in [0.25, 0.3) is 0 Å². The van der Waals surface area contributed by atoms with Gasteiger partial charge in [-0.3, -0.25) is 9.78 Å². The number of ether oxygens (including phenoxy) is 1. The van der Waals surface area contributed by atoms with Crippen LogP contribution >= 0.6 is 11.6 Å². The quantitative estimate of drug-likeness (QED) is 0.738. The maximum atomic E-state index is 12.9. The Morgan fingerprint density at radius 3 is 2.79 bits per heavy atom. The van der Waals surface area contributed by atoms with Gasteiger partial charge in [0.25, 0.3) is 0 Å². The highest BCUT2D eigenvalue weighted by Gasteiger charge is 2.36. The average Bonchev–Trinajstić information content (AvgIpc) is 2.64. The standard InChI is InChI=1S/C20H26ClN5O2/c1-5-12-8-23-13(7-16(12)28-4)9-26-10-15(27)14(6-11(2)3)17-18(21)24-20(22)25-19(17)26/h7-8,11,14H,5-6,9-10H2,1-4H3,(H2,22,24,25). The van der Waals surface area contributed by atoms with Crippen LogP contribution in [0.4, 0.5) is 11.8 Å². The third-order valence-electron chi connectivity index (χ3n) is 4.94. The number of halogens is 1. The normalized spacial score (nSPS) is 16.4. The van der Waals surface area contributed by atoms with Crippen LogP contribution < -0.4 is 15.4 Å². The minimum absolute atomic E-state index is 0.0956. The van der Waals surface area contributed by atoms with Gasteiger partial charge in [0.15, 0.2) is 5.78 Å². The van der Waals surface area contributed by atoms with Crippen LogP contribution in [-0.2, 0) is 17.8 Å². The number of aromatic nitrogens is 3. The van der Waals surface area contributed by atoms with E-state index in [1.165, 1.54) is 0 Å². The van der Waals surface area contributed by atoms with Crippen molar-refractivity contribution in [2.45, 2.75) is 46.1 Å². The Kier molecular flexibility index (Phi) is 6.03. The minimum Gasteiger partial charge on any atom is -0.496 e. The van der Waals surface area contributed by atoms with Gasteiger partial charge < -0.3 is 15.4 Å².